The molecule has 0 spiro atoms. The Morgan fingerprint density at radius 3 is 2.33 bits per heavy atom. The predicted molar refractivity (Wildman–Crippen MR) is 101 cm³/mol. The van der Waals surface area contributed by atoms with E-state index in [2.05, 4.69) is 4.98 Å². The molecule has 3 aromatic carbocycles. The molecule has 2 heterocycles. The van der Waals surface area contributed by atoms with Crippen molar-refractivity contribution in [3.63, 3.8) is 0 Å². The van der Waals surface area contributed by atoms with Crippen molar-refractivity contribution in [3.05, 3.63) is 77.9 Å². The molecule has 0 saturated carbocycles. The number of carbonyl (C=O) groups excluding carboxylic acids is 2. The molecule has 0 radical (unpaired) electrons. The van der Waals surface area contributed by atoms with Gasteiger partial charge in [0.1, 0.15) is 5.52 Å². The van der Waals surface area contributed by atoms with Crippen molar-refractivity contribution in [3.8, 4) is 11.5 Å². The number of nitrogens with zero attached hydrogens (tertiary/aromatic N) is 2. The number of rotatable bonds is 2. The molecule has 1 aliphatic heterocycles. The lowest BCUT2D eigenvalue weighted by molar-refractivity contribution is 0.0926. The highest BCUT2D eigenvalue weighted by atomic mass is 16.3. The average molecular weight is 355 g/mol. The van der Waals surface area contributed by atoms with Crippen molar-refractivity contribution >= 4 is 34.3 Å². The van der Waals surface area contributed by atoms with Crippen LogP contribution in [0.4, 0.5) is 11.4 Å². The van der Waals surface area contributed by atoms with Gasteiger partial charge in [-0.3, -0.25) is 9.59 Å². The molecule has 0 bridgehead atoms. The van der Waals surface area contributed by atoms with Gasteiger partial charge >= 0.3 is 0 Å². The van der Waals surface area contributed by atoms with E-state index in [0.717, 1.165) is 0 Å². The molecule has 6 nitrogen and oxygen atoms in total. The topological polar surface area (TPSA) is 89.4 Å². The SMILES string of the molecule is Nc1ccc2oc(-c3cccc(N4C(=O)c5ccccc5C4=O)c3)nc2c1. The lowest BCUT2D eigenvalue weighted by Crippen LogP contribution is -2.29. The van der Waals surface area contributed by atoms with Crippen LogP contribution in [0.1, 0.15) is 20.7 Å². The van der Waals surface area contributed by atoms with Gasteiger partial charge in [0.2, 0.25) is 5.89 Å². The Hall–Kier alpha value is -3.93. The minimum Gasteiger partial charge on any atom is -0.436 e. The molecular weight excluding hydrogens is 342 g/mol. The fraction of sp³-hybridized carbons (Fsp3) is 0. The fourth-order valence-corrected chi connectivity index (χ4v) is 3.27. The summed E-state index contributed by atoms with van der Waals surface area (Å²) in [6, 6.07) is 19.0. The third kappa shape index (κ3) is 2.31. The zero-order valence-corrected chi connectivity index (χ0v) is 14.0. The summed E-state index contributed by atoms with van der Waals surface area (Å²) in [5.74, 6) is -0.273. The summed E-state index contributed by atoms with van der Waals surface area (Å²) in [5.41, 5.74) is 9.61. The number of benzene rings is 3. The summed E-state index contributed by atoms with van der Waals surface area (Å²) in [6.45, 7) is 0. The largest absolute Gasteiger partial charge is 0.436 e. The van der Waals surface area contributed by atoms with Gasteiger partial charge in [-0.2, -0.15) is 0 Å². The van der Waals surface area contributed by atoms with E-state index in [9.17, 15) is 9.59 Å². The highest BCUT2D eigenvalue weighted by molar-refractivity contribution is 6.34. The minimum atomic E-state index is -0.335. The van der Waals surface area contributed by atoms with Gasteiger partial charge in [0.05, 0.1) is 16.8 Å². The van der Waals surface area contributed by atoms with Crippen LogP contribution in [-0.2, 0) is 0 Å². The van der Waals surface area contributed by atoms with E-state index >= 15 is 0 Å². The van der Waals surface area contributed by atoms with Gasteiger partial charge in [-0.05, 0) is 48.5 Å². The number of fused-ring (bicyclic) bond motifs is 2. The first kappa shape index (κ1) is 15.3. The van der Waals surface area contributed by atoms with Crippen molar-refractivity contribution < 1.29 is 14.0 Å². The molecule has 1 aromatic heterocycles. The maximum absolute atomic E-state index is 12.7. The molecule has 5 rings (SSSR count). The molecule has 6 heteroatoms. The quantitative estimate of drug-likeness (QED) is 0.435. The molecule has 0 saturated heterocycles. The maximum atomic E-state index is 12.7. The Morgan fingerprint density at radius 2 is 1.59 bits per heavy atom. The summed E-state index contributed by atoms with van der Waals surface area (Å²) in [4.78, 5) is 31.0. The normalized spacial score (nSPS) is 13.4. The summed E-state index contributed by atoms with van der Waals surface area (Å²) in [6.07, 6.45) is 0. The van der Waals surface area contributed by atoms with Crippen LogP contribution in [0.25, 0.3) is 22.6 Å². The zero-order chi connectivity index (χ0) is 18.5. The van der Waals surface area contributed by atoms with E-state index in [1.807, 2.05) is 6.07 Å². The third-order valence-electron chi connectivity index (χ3n) is 4.56. The fourth-order valence-electron chi connectivity index (χ4n) is 3.27. The highest BCUT2D eigenvalue weighted by Crippen LogP contribution is 2.32. The Labute approximate surface area is 153 Å². The van der Waals surface area contributed by atoms with Crippen molar-refractivity contribution in [2.24, 2.45) is 0 Å². The van der Waals surface area contributed by atoms with E-state index in [-0.39, 0.29) is 11.8 Å². The number of hydrogen-bond acceptors (Lipinski definition) is 5. The zero-order valence-electron chi connectivity index (χ0n) is 14.0. The molecule has 0 atom stereocenters. The second-order valence-corrected chi connectivity index (χ2v) is 6.29. The van der Waals surface area contributed by atoms with Crippen LogP contribution < -0.4 is 10.6 Å². The number of anilines is 2. The number of aromatic nitrogens is 1. The molecule has 130 valence electrons. The van der Waals surface area contributed by atoms with E-state index in [4.69, 9.17) is 10.2 Å². The number of amides is 2. The number of nitrogen functional groups attached to an aromatic ring is 1. The lowest BCUT2D eigenvalue weighted by atomic mass is 10.1. The van der Waals surface area contributed by atoms with Crippen molar-refractivity contribution in [2.45, 2.75) is 0 Å². The molecule has 27 heavy (non-hydrogen) atoms. The highest BCUT2D eigenvalue weighted by Gasteiger charge is 2.36. The lowest BCUT2D eigenvalue weighted by Gasteiger charge is -2.14. The minimum absolute atomic E-state index is 0.335. The first-order valence-electron chi connectivity index (χ1n) is 8.36. The molecule has 2 amide bonds. The van der Waals surface area contributed by atoms with Gasteiger partial charge in [0.15, 0.2) is 5.58 Å². The Morgan fingerprint density at radius 1 is 0.852 bits per heavy atom. The van der Waals surface area contributed by atoms with Crippen LogP contribution in [0, 0.1) is 0 Å². The molecule has 1 aliphatic rings. The third-order valence-corrected chi connectivity index (χ3v) is 4.56. The van der Waals surface area contributed by atoms with Gasteiger partial charge in [0.25, 0.3) is 11.8 Å². The summed E-state index contributed by atoms with van der Waals surface area (Å²) in [7, 11) is 0. The molecule has 0 unspecified atom stereocenters. The smallest absolute Gasteiger partial charge is 0.266 e. The Balaban J connectivity index is 1.58. The molecule has 2 N–H and O–H groups in total. The molecule has 0 aliphatic carbocycles. The maximum Gasteiger partial charge on any atom is 0.266 e. The first-order chi connectivity index (χ1) is 13.1. The van der Waals surface area contributed by atoms with E-state index in [1.165, 1.54) is 4.90 Å². The standard InChI is InChI=1S/C21H13N3O3/c22-13-8-9-18-17(11-13)23-19(27-18)12-4-3-5-14(10-12)24-20(25)15-6-1-2-7-16(15)21(24)26/h1-11H,22H2. The summed E-state index contributed by atoms with van der Waals surface area (Å²) in [5, 5.41) is 0. The van der Waals surface area contributed by atoms with Gasteiger partial charge in [-0.1, -0.05) is 18.2 Å². The Bertz CT molecular complexity index is 1210. The van der Waals surface area contributed by atoms with E-state index in [1.54, 1.807) is 60.7 Å². The van der Waals surface area contributed by atoms with Crippen LogP contribution >= 0.6 is 0 Å². The average Bonchev–Trinajstić information content (AvgIpc) is 3.21. The van der Waals surface area contributed by atoms with Crippen LogP contribution in [0.2, 0.25) is 0 Å². The number of nitrogens with two attached hydrogens (primary N) is 1. The number of carbonyl (C=O) groups is 2. The van der Waals surface area contributed by atoms with Gasteiger partial charge in [-0.25, -0.2) is 9.88 Å². The molecular formula is C21H13N3O3. The number of imide groups is 1. The monoisotopic (exact) mass is 355 g/mol. The second kappa shape index (κ2) is 5.54. The first-order valence-corrected chi connectivity index (χ1v) is 8.36. The van der Waals surface area contributed by atoms with E-state index < -0.39 is 0 Å². The summed E-state index contributed by atoms with van der Waals surface area (Å²) >= 11 is 0. The van der Waals surface area contributed by atoms with Crippen LogP contribution in [0.5, 0.6) is 0 Å². The van der Waals surface area contributed by atoms with E-state index in [0.29, 0.717) is 45.1 Å². The van der Waals surface area contributed by atoms with Gasteiger partial charge in [0, 0.05) is 11.3 Å². The summed E-state index contributed by atoms with van der Waals surface area (Å²) < 4.78 is 5.79. The molecule has 4 aromatic rings. The second-order valence-electron chi connectivity index (χ2n) is 6.29. The van der Waals surface area contributed by atoms with Crippen LogP contribution in [0.15, 0.2) is 71.1 Å². The number of hydrogen-bond donors (Lipinski definition) is 1. The van der Waals surface area contributed by atoms with Gasteiger partial charge in [-0.15, -0.1) is 0 Å². The molecule has 0 fully saturated rings. The van der Waals surface area contributed by atoms with Crippen molar-refractivity contribution in [1.82, 2.24) is 4.98 Å². The number of oxazole rings is 1. The van der Waals surface area contributed by atoms with Crippen molar-refractivity contribution in [2.75, 3.05) is 10.6 Å². The van der Waals surface area contributed by atoms with Gasteiger partial charge < -0.3 is 10.2 Å². The van der Waals surface area contributed by atoms with Crippen LogP contribution in [0.3, 0.4) is 0 Å². The van der Waals surface area contributed by atoms with Crippen molar-refractivity contribution in [1.29, 1.82) is 0 Å². The Kier molecular flexibility index (Phi) is 3.14. The van der Waals surface area contributed by atoms with Crippen LogP contribution in [-0.4, -0.2) is 16.8 Å². The predicted octanol–water partition coefficient (Wildman–Crippen LogP) is 3.88.